The Morgan fingerprint density at radius 3 is 2.37 bits per heavy atom. The zero-order chi connectivity index (χ0) is 19.2. The number of benzene rings is 2. The second-order valence-corrected chi connectivity index (χ2v) is 5.66. The number of para-hydroxylation sites is 1. The molecule has 7 nitrogen and oxygen atoms in total. The molecule has 3 rings (SSSR count). The average molecular weight is 365 g/mol. The second-order valence-electron chi connectivity index (χ2n) is 5.66. The van der Waals surface area contributed by atoms with Gasteiger partial charge < -0.3 is 14.8 Å². The molecule has 0 radical (unpaired) electrons. The number of carbonyl (C=O) groups excluding carboxylic acids is 2. The molecule has 27 heavy (non-hydrogen) atoms. The summed E-state index contributed by atoms with van der Waals surface area (Å²) in [5.74, 6) is -0.226. The maximum absolute atomic E-state index is 12.6. The summed E-state index contributed by atoms with van der Waals surface area (Å²) in [5, 5.41) is 7.13. The predicted octanol–water partition coefficient (Wildman–Crippen LogP) is 2.45. The van der Waals surface area contributed by atoms with Crippen LogP contribution in [0.15, 0.2) is 60.8 Å². The second kappa shape index (κ2) is 8.18. The number of ether oxygens (including phenoxy) is 2. The van der Waals surface area contributed by atoms with Crippen molar-refractivity contribution in [3.05, 3.63) is 66.4 Å². The lowest BCUT2D eigenvalue weighted by Gasteiger charge is -2.05. The van der Waals surface area contributed by atoms with E-state index in [0.717, 1.165) is 11.3 Å². The molecule has 3 aromatic rings. The molecule has 1 heterocycles. The molecule has 2 aromatic carbocycles. The van der Waals surface area contributed by atoms with Crippen LogP contribution < -0.4 is 10.1 Å². The van der Waals surface area contributed by atoms with E-state index in [-0.39, 0.29) is 6.54 Å². The van der Waals surface area contributed by atoms with Gasteiger partial charge in [0, 0.05) is 11.8 Å². The molecule has 1 amide bonds. The smallest absolute Gasteiger partial charge is 0.325 e. The zero-order valence-corrected chi connectivity index (χ0v) is 15.0. The minimum atomic E-state index is -0.523. The van der Waals surface area contributed by atoms with Gasteiger partial charge in [-0.25, -0.2) is 4.68 Å². The van der Waals surface area contributed by atoms with Crippen molar-refractivity contribution >= 4 is 11.9 Å². The molecule has 0 saturated carbocycles. The normalized spacial score (nSPS) is 10.3. The lowest BCUT2D eigenvalue weighted by Crippen LogP contribution is -2.30. The molecule has 0 aliphatic rings. The van der Waals surface area contributed by atoms with Crippen molar-refractivity contribution < 1.29 is 19.1 Å². The number of aromatic nitrogens is 2. The molecular formula is C20H19N3O4. The van der Waals surface area contributed by atoms with Crippen LogP contribution in [-0.2, 0) is 9.53 Å². The Morgan fingerprint density at radius 1 is 1.04 bits per heavy atom. The number of hydrogen-bond donors (Lipinski definition) is 1. The highest BCUT2D eigenvalue weighted by molar-refractivity contribution is 6.01. The topological polar surface area (TPSA) is 82.5 Å². The van der Waals surface area contributed by atoms with Crippen molar-refractivity contribution in [2.24, 2.45) is 0 Å². The van der Waals surface area contributed by atoms with Gasteiger partial charge in [0.05, 0.1) is 25.5 Å². The fraction of sp³-hybridized carbons (Fsp3) is 0.150. The van der Waals surface area contributed by atoms with Crippen LogP contribution in [0.2, 0.25) is 0 Å². The van der Waals surface area contributed by atoms with Crippen molar-refractivity contribution in [1.82, 2.24) is 15.1 Å². The molecule has 0 saturated heterocycles. The molecule has 0 unspecified atom stereocenters. The van der Waals surface area contributed by atoms with E-state index in [9.17, 15) is 9.59 Å². The summed E-state index contributed by atoms with van der Waals surface area (Å²) in [4.78, 5) is 24.0. The Balaban J connectivity index is 1.99. The van der Waals surface area contributed by atoms with Crippen LogP contribution in [0.3, 0.4) is 0 Å². The number of rotatable bonds is 6. The molecule has 138 valence electrons. The highest BCUT2D eigenvalue weighted by Gasteiger charge is 2.19. The summed E-state index contributed by atoms with van der Waals surface area (Å²) in [7, 11) is 2.86. The lowest BCUT2D eigenvalue weighted by molar-refractivity contribution is -0.139. The van der Waals surface area contributed by atoms with Crippen LogP contribution in [0.5, 0.6) is 5.75 Å². The SMILES string of the molecule is COC(=O)CNC(=O)c1cn(-c2ccccc2)nc1-c1ccc(OC)cc1. The van der Waals surface area contributed by atoms with Gasteiger partial charge in [0.1, 0.15) is 18.0 Å². The Hall–Kier alpha value is -3.61. The number of esters is 1. The largest absolute Gasteiger partial charge is 0.497 e. The molecule has 7 heteroatoms. The summed E-state index contributed by atoms with van der Waals surface area (Å²) in [6.45, 7) is -0.214. The van der Waals surface area contributed by atoms with Gasteiger partial charge in [0.2, 0.25) is 0 Å². The summed E-state index contributed by atoms with van der Waals surface area (Å²) in [6.07, 6.45) is 1.64. The van der Waals surface area contributed by atoms with Gasteiger partial charge in [-0.1, -0.05) is 18.2 Å². The third-order valence-electron chi connectivity index (χ3n) is 3.96. The van der Waals surface area contributed by atoms with Crippen LogP contribution in [0.1, 0.15) is 10.4 Å². The van der Waals surface area contributed by atoms with Crippen molar-refractivity contribution in [3.8, 4) is 22.7 Å². The van der Waals surface area contributed by atoms with E-state index < -0.39 is 11.9 Å². The van der Waals surface area contributed by atoms with E-state index in [4.69, 9.17) is 4.74 Å². The van der Waals surface area contributed by atoms with Gasteiger partial charge in [-0.05, 0) is 36.4 Å². The van der Waals surface area contributed by atoms with E-state index in [2.05, 4.69) is 15.2 Å². The summed E-state index contributed by atoms with van der Waals surface area (Å²) in [5.41, 5.74) is 2.43. The zero-order valence-electron chi connectivity index (χ0n) is 15.0. The minimum Gasteiger partial charge on any atom is -0.497 e. The molecule has 0 aliphatic heterocycles. The van der Waals surface area contributed by atoms with E-state index in [1.165, 1.54) is 7.11 Å². The minimum absolute atomic E-state index is 0.214. The molecular weight excluding hydrogens is 346 g/mol. The van der Waals surface area contributed by atoms with Gasteiger partial charge in [0.25, 0.3) is 5.91 Å². The van der Waals surface area contributed by atoms with Crippen molar-refractivity contribution in [1.29, 1.82) is 0 Å². The molecule has 0 fully saturated rings. The van der Waals surface area contributed by atoms with Gasteiger partial charge in [-0.15, -0.1) is 0 Å². The highest BCUT2D eigenvalue weighted by atomic mass is 16.5. The van der Waals surface area contributed by atoms with Crippen molar-refractivity contribution in [2.75, 3.05) is 20.8 Å². The first-order valence-electron chi connectivity index (χ1n) is 8.27. The maximum Gasteiger partial charge on any atom is 0.325 e. The Labute approximate surface area is 156 Å². The van der Waals surface area contributed by atoms with Crippen LogP contribution in [0.25, 0.3) is 16.9 Å². The van der Waals surface area contributed by atoms with E-state index in [1.54, 1.807) is 30.1 Å². The monoisotopic (exact) mass is 365 g/mol. The van der Waals surface area contributed by atoms with E-state index in [1.807, 2.05) is 42.5 Å². The lowest BCUT2D eigenvalue weighted by atomic mass is 10.1. The molecule has 1 N–H and O–H groups in total. The predicted molar refractivity (Wildman–Crippen MR) is 99.9 cm³/mol. The van der Waals surface area contributed by atoms with Crippen LogP contribution in [0.4, 0.5) is 0 Å². The van der Waals surface area contributed by atoms with E-state index >= 15 is 0 Å². The summed E-state index contributed by atoms with van der Waals surface area (Å²) >= 11 is 0. The highest BCUT2D eigenvalue weighted by Crippen LogP contribution is 2.25. The number of carbonyl (C=O) groups is 2. The quantitative estimate of drug-likeness (QED) is 0.679. The average Bonchev–Trinajstić information content (AvgIpc) is 3.18. The summed E-state index contributed by atoms with van der Waals surface area (Å²) < 4.78 is 11.4. The number of methoxy groups -OCH3 is 2. The maximum atomic E-state index is 12.6. The van der Waals surface area contributed by atoms with Crippen molar-refractivity contribution in [2.45, 2.75) is 0 Å². The molecule has 0 bridgehead atoms. The fourth-order valence-corrected chi connectivity index (χ4v) is 2.54. The Kier molecular flexibility index (Phi) is 5.51. The van der Waals surface area contributed by atoms with Crippen LogP contribution in [0, 0.1) is 0 Å². The van der Waals surface area contributed by atoms with Crippen molar-refractivity contribution in [3.63, 3.8) is 0 Å². The summed E-state index contributed by atoms with van der Waals surface area (Å²) in [6, 6.07) is 16.7. The number of nitrogens with one attached hydrogen (secondary N) is 1. The first-order valence-corrected chi connectivity index (χ1v) is 8.27. The number of nitrogens with zero attached hydrogens (tertiary/aromatic N) is 2. The van der Waals surface area contributed by atoms with Gasteiger partial charge in [0.15, 0.2) is 0 Å². The molecule has 0 aliphatic carbocycles. The Bertz CT molecular complexity index is 934. The van der Waals surface area contributed by atoms with Gasteiger partial charge >= 0.3 is 5.97 Å². The van der Waals surface area contributed by atoms with E-state index in [0.29, 0.717) is 17.0 Å². The fourth-order valence-electron chi connectivity index (χ4n) is 2.54. The van der Waals surface area contributed by atoms with Gasteiger partial charge in [-0.2, -0.15) is 5.10 Å². The number of hydrogen-bond acceptors (Lipinski definition) is 5. The first-order chi connectivity index (χ1) is 13.1. The van der Waals surface area contributed by atoms with Gasteiger partial charge in [-0.3, -0.25) is 9.59 Å². The van der Waals surface area contributed by atoms with Crippen LogP contribution in [-0.4, -0.2) is 42.4 Å². The van der Waals surface area contributed by atoms with Crippen LogP contribution >= 0.6 is 0 Å². The third kappa shape index (κ3) is 4.14. The number of amides is 1. The Morgan fingerprint density at radius 2 is 1.74 bits per heavy atom. The standard InChI is InChI=1S/C20H19N3O4/c1-26-16-10-8-14(9-11-16)19-17(20(25)21-12-18(24)27-2)13-23(22-19)15-6-4-3-5-7-15/h3-11,13H,12H2,1-2H3,(H,21,25). The first kappa shape index (κ1) is 18.2. The molecule has 0 atom stereocenters. The third-order valence-corrected chi connectivity index (χ3v) is 3.96. The molecule has 0 spiro atoms. The molecule has 1 aromatic heterocycles.